The van der Waals surface area contributed by atoms with Crippen molar-refractivity contribution < 1.29 is 14.3 Å². The van der Waals surface area contributed by atoms with Crippen LogP contribution in [0.15, 0.2) is 23.8 Å². The van der Waals surface area contributed by atoms with Crippen molar-refractivity contribution in [1.29, 1.82) is 0 Å². The maximum Gasteiger partial charge on any atom is 0.187 e. The first-order valence-corrected chi connectivity index (χ1v) is 5.02. The highest BCUT2D eigenvalue weighted by Crippen LogP contribution is 2.18. The Balaban J connectivity index is 5.32. The maximum atomic E-state index is 11.5. The third kappa shape index (κ3) is 3.58. The molecule has 0 aromatic heterocycles. The molecule has 0 unspecified atom stereocenters. The predicted octanol–water partition coefficient (Wildman–Crippen LogP) is 0.832. The summed E-state index contributed by atoms with van der Waals surface area (Å²) in [7, 11) is 3.26. The zero-order valence-electron chi connectivity index (χ0n) is 10.4. The van der Waals surface area contributed by atoms with Gasteiger partial charge >= 0.3 is 0 Å². The molecule has 5 nitrogen and oxygen atoms in total. The number of hydrogen-bond donors (Lipinski definition) is 1. The van der Waals surface area contributed by atoms with Gasteiger partial charge in [-0.2, -0.15) is 0 Å². The molecule has 0 saturated heterocycles. The summed E-state index contributed by atoms with van der Waals surface area (Å²) in [4.78, 5) is 13.3. The Morgan fingerprint density at radius 3 is 2.38 bits per heavy atom. The normalized spacial score (nSPS) is 11.6. The monoisotopic (exact) mass is 228 g/mol. The molecule has 0 heterocycles. The highest BCUT2D eigenvalue weighted by Gasteiger charge is 2.19. The van der Waals surface area contributed by atoms with Crippen LogP contribution in [-0.2, 0) is 14.3 Å². The van der Waals surface area contributed by atoms with E-state index >= 15 is 0 Å². The van der Waals surface area contributed by atoms with Crippen LogP contribution < -0.4 is 5.73 Å². The zero-order chi connectivity index (χ0) is 12.7. The van der Waals surface area contributed by atoms with E-state index in [0.29, 0.717) is 18.0 Å². The number of methoxy groups -OCH3 is 1. The number of nitrogens with two attached hydrogens (primary N) is 1. The number of likely N-dealkylation sites (N-methyl/N-ethyl adjacent to an activating group) is 1. The summed E-state index contributed by atoms with van der Waals surface area (Å²) in [6.07, 6.45) is 0. The highest BCUT2D eigenvalue weighted by molar-refractivity contribution is 5.93. The maximum absolute atomic E-state index is 11.5. The van der Waals surface area contributed by atoms with E-state index in [0.717, 1.165) is 0 Å². The Morgan fingerprint density at radius 2 is 2.06 bits per heavy atom. The third-order valence-corrected chi connectivity index (χ3v) is 2.12. The minimum absolute atomic E-state index is 0.00722. The molecule has 0 aliphatic rings. The number of ether oxygens (including phenoxy) is 2. The summed E-state index contributed by atoms with van der Waals surface area (Å²) < 4.78 is 10.2. The molecule has 0 aliphatic heterocycles. The van der Waals surface area contributed by atoms with Crippen LogP contribution in [0, 0.1) is 0 Å². The molecular weight excluding hydrogens is 208 g/mol. The number of nitrogens with zero attached hydrogens (tertiary/aromatic N) is 1. The molecule has 0 radical (unpaired) electrons. The average molecular weight is 228 g/mol. The third-order valence-electron chi connectivity index (χ3n) is 2.12. The standard InChI is InChI=1S/C11H20N2O3/c1-6-13(4)10(8(2)14)11(15-5)9(3)16-7-12/h3,6-7,12H2,1-2,4-5H3/b11-10+. The SMILES string of the molecule is C=C(OCN)/C(OC)=C(/C(C)=O)N(C)CC. The van der Waals surface area contributed by atoms with Gasteiger partial charge in [-0.15, -0.1) is 0 Å². The van der Waals surface area contributed by atoms with Crippen LogP contribution in [0.25, 0.3) is 0 Å². The van der Waals surface area contributed by atoms with Gasteiger partial charge in [-0.1, -0.05) is 6.58 Å². The number of Topliss-reactive ketones (excluding diaryl/α,β-unsaturated/α-hetero) is 1. The first-order valence-electron chi connectivity index (χ1n) is 5.02. The molecule has 92 valence electrons. The Bertz CT molecular complexity index is 298. The van der Waals surface area contributed by atoms with Crippen LogP contribution in [-0.4, -0.2) is 38.1 Å². The van der Waals surface area contributed by atoms with Gasteiger partial charge in [0.05, 0.1) is 7.11 Å². The number of hydrogen-bond acceptors (Lipinski definition) is 5. The smallest absolute Gasteiger partial charge is 0.187 e. The van der Waals surface area contributed by atoms with E-state index in [-0.39, 0.29) is 18.3 Å². The molecule has 0 rings (SSSR count). The molecule has 2 N–H and O–H groups in total. The summed E-state index contributed by atoms with van der Waals surface area (Å²) in [6.45, 7) is 7.74. The largest absolute Gasteiger partial charge is 0.491 e. The van der Waals surface area contributed by atoms with E-state index in [4.69, 9.17) is 15.2 Å². The van der Waals surface area contributed by atoms with Crippen molar-refractivity contribution in [3.63, 3.8) is 0 Å². The molecular formula is C11H20N2O3. The van der Waals surface area contributed by atoms with Crippen molar-refractivity contribution in [2.45, 2.75) is 13.8 Å². The van der Waals surface area contributed by atoms with Crippen LogP contribution in [0.5, 0.6) is 0 Å². The van der Waals surface area contributed by atoms with E-state index in [1.807, 2.05) is 6.92 Å². The molecule has 5 heteroatoms. The van der Waals surface area contributed by atoms with Crippen LogP contribution in [0.1, 0.15) is 13.8 Å². The number of rotatable bonds is 7. The molecule has 0 saturated carbocycles. The van der Waals surface area contributed by atoms with Gasteiger partial charge in [0, 0.05) is 20.5 Å². The van der Waals surface area contributed by atoms with Crippen molar-refractivity contribution in [2.75, 3.05) is 27.4 Å². The number of allylic oxidation sites excluding steroid dienone is 1. The second kappa shape index (κ2) is 6.90. The van der Waals surface area contributed by atoms with E-state index in [1.54, 1.807) is 11.9 Å². The van der Waals surface area contributed by atoms with Gasteiger partial charge in [-0.25, -0.2) is 0 Å². The predicted molar refractivity (Wildman–Crippen MR) is 62.3 cm³/mol. The van der Waals surface area contributed by atoms with Crippen LogP contribution in [0.2, 0.25) is 0 Å². The lowest BCUT2D eigenvalue weighted by molar-refractivity contribution is -0.115. The van der Waals surface area contributed by atoms with Crippen molar-refractivity contribution in [3.8, 4) is 0 Å². The summed E-state index contributed by atoms with van der Waals surface area (Å²) in [6, 6.07) is 0. The molecule has 0 aromatic rings. The summed E-state index contributed by atoms with van der Waals surface area (Å²) in [5.41, 5.74) is 5.68. The van der Waals surface area contributed by atoms with Crippen molar-refractivity contribution in [3.05, 3.63) is 23.8 Å². The minimum atomic E-state index is -0.108. The van der Waals surface area contributed by atoms with Gasteiger partial charge in [-0.05, 0) is 6.92 Å². The zero-order valence-corrected chi connectivity index (χ0v) is 10.4. The lowest BCUT2D eigenvalue weighted by Gasteiger charge is -2.22. The molecule has 16 heavy (non-hydrogen) atoms. The Kier molecular flexibility index (Phi) is 6.25. The fourth-order valence-corrected chi connectivity index (χ4v) is 1.27. The fourth-order valence-electron chi connectivity index (χ4n) is 1.27. The number of carbonyl (C=O) groups is 1. The van der Waals surface area contributed by atoms with Crippen molar-refractivity contribution in [1.82, 2.24) is 4.90 Å². The minimum Gasteiger partial charge on any atom is -0.491 e. The molecule has 0 aliphatic carbocycles. The van der Waals surface area contributed by atoms with E-state index < -0.39 is 0 Å². The average Bonchev–Trinajstić information content (AvgIpc) is 2.24. The van der Waals surface area contributed by atoms with Crippen LogP contribution >= 0.6 is 0 Å². The van der Waals surface area contributed by atoms with Gasteiger partial charge in [0.15, 0.2) is 17.3 Å². The van der Waals surface area contributed by atoms with E-state index in [2.05, 4.69) is 6.58 Å². The molecule has 0 amide bonds. The van der Waals surface area contributed by atoms with Crippen LogP contribution in [0.4, 0.5) is 0 Å². The van der Waals surface area contributed by atoms with E-state index in [1.165, 1.54) is 14.0 Å². The lowest BCUT2D eigenvalue weighted by atomic mass is 10.2. The van der Waals surface area contributed by atoms with Gasteiger partial charge in [0.1, 0.15) is 12.4 Å². The Hall–Kier alpha value is -1.49. The molecule has 0 spiro atoms. The lowest BCUT2D eigenvalue weighted by Crippen LogP contribution is -2.25. The van der Waals surface area contributed by atoms with Crippen molar-refractivity contribution in [2.24, 2.45) is 5.73 Å². The molecule has 0 atom stereocenters. The first kappa shape index (κ1) is 14.5. The molecule has 0 fully saturated rings. The highest BCUT2D eigenvalue weighted by atomic mass is 16.5. The molecule has 0 aromatic carbocycles. The summed E-state index contributed by atoms with van der Waals surface area (Å²) in [5, 5.41) is 0. The van der Waals surface area contributed by atoms with Gasteiger partial charge in [0.25, 0.3) is 0 Å². The summed E-state index contributed by atoms with van der Waals surface area (Å²) >= 11 is 0. The Morgan fingerprint density at radius 1 is 1.50 bits per heavy atom. The Labute approximate surface area is 96.5 Å². The first-order chi connectivity index (χ1) is 7.49. The van der Waals surface area contributed by atoms with Crippen LogP contribution in [0.3, 0.4) is 0 Å². The second-order valence-corrected chi connectivity index (χ2v) is 3.19. The second-order valence-electron chi connectivity index (χ2n) is 3.19. The fraction of sp³-hybridized carbons (Fsp3) is 0.545. The summed E-state index contributed by atoms with van der Waals surface area (Å²) in [5.74, 6) is 0.473. The topological polar surface area (TPSA) is 64.8 Å². The number of ketones is 1. The van der Waals surface area contributed by atoms with Crippen molar-refractivity contribution >= 4 is 5.78 Å². The van der Waals surface area contributed by atoms with E-state index in [9.17, 15) is 4.79 Å². The van der Waals surface area contributed by atoms with Gasteiger partial charge in [0.2, 0.25) is 0 Å². The van der Waals surface area contributed by atoms with Gasteiger partial charge in [-0.3, -0.25) is 10.5 Å². The molecule has 0 bridgehead atoms. The quantitative estimate of drug-likeness (QED) is 0.302. The van der Waals surface area contributed by atoms with Gasteiger partial charge < -0.3 is 14.4 Å². The number of carbonyl (C=O) groups excluding carboxylic acids is 1.